The number of rotatable bonds is 11. The summed E-state index contributed by atoms with van der Waals surface area (Å²) < 4.78 is 82.9. The zero-order valence-electron chi connectivity index (χ0n) is 15.4. The van der Waals surface area contributed by atoms with Crippen LogP contribution in [0.3, 0.4) is 0 Å². The van der Waals surface area contributed by atoms with Crippen LogP contribution < -0.4 is 0 Å². The Morgan fingerprint density at radius 2 is 1.19 bits per heavy atom. The van der Waals surface area contributed by atoms with E-state index in [2.05, 4.69) is 0 Å². The Balaban J connectivity index is 2.43. The fourth-order valence-corrected chi connectivity index (χ4v) is 3.26. The summed E-state index contributed by atoms with van der Waals surface area (Å²) >= 11 is 0. The molecule has 1 rings (SSSR count). The Morgan fingerprint density at radius 3 is 1.65 bits per heavy atom. The van der Waals surface area contributed by atoms with Gasteiger partial charge in [0.05, 0.1) is 12.2 Å². The number of hydrogen-bond acceptors (Lipinski definition) is 3. The van der Waals surface area contributed by atoms with Gasteiger partial charge in [0.15, 0.2) is 33.0 Å². The molecule has 0 amide bonds. The number of ether oxygens (including phenoxy) is 2. The molecule has 0 fully saturated rings. The average molecular weight is 400 g/mol. The molecule has 0 unspecified atom stereocenters. The van der Waals surface area contributed by atoms with Gasteiger partial charge in [0.1, 0.15) is 0 Å². The van der Waals surface area contributed by atoms with Crippen molar-refractivity contribution in [1.82, 2.24) is 0 Å². The van der Waals surface area contributed by atoms with Crippen LogP contribution in [0.2, 0.25) is 6.04 Å². The molecule has 0 aliphatic heterocycles. The lowest BCUT2D eigenvalue weighted by atomic mass is 10.1. The van der Waals surface area contributed by atoms with Crippen molar-refractivity contribution in [2.75, 3.05) is 0 Å². The van der Waals surface area contributed by atoms with E-state index in [9.17, 15) is 22.0 Å². The molecular formula is C17H25F5O3Si. The molecular weight excluding hydrogens is 375 g/mol. The molecule has 0 aromatic heterocycles. The van der Waals surface area contributed by atoms with Gasteiger partial charge in [0, 0.05) is 5.56 Å². The first-order chi connectivity index (χ1) is 12.1. The van der Waals surface area contributed by atoms with Crippen LogP contribution in [-0.4, -0.2) is 28.4 Å². The molecule has 1 aromatic carbocycles. The smallest absolute Gasteiger partial charge is 0.262 e. The highest BCUT2D eigenvalue weighted by atomic mass is 28.2. The van der Waals surface area contributed by atoms with Crippen molar-refractivity contribution in [1.29, 1.82) is 0 Å². The largest absolute Gasteiger partial charge is 0.379 e. The van der Waals surface area contributed by atoms with Gasteiger partial charge >= 0.3 is 0 Å². The third-order valence-electron chi connectivity index (χ3n) is 3.39. The molecule has 1 aromatic rings. The molecule has 3 nitrogen and oxygen atoms in total. The second kappa shape index (κ2) is 11.0. The zero-order valence-corrected chi connectivity index (χ0v) is 16.8. The molecule has 0 radical (unpaired) electrons. The average Bonchev–Trinajstić information content (AvgIpc) is 2.55. The maximum atomic E-state index is 13.6. The molecule has 0 saturated carbocycles. The molecule has 26 heavy (non-hydrogen) atoms. The minimum absolute atomic E-state index is 0.0676. The third-order valence-corrected chi connectivity index (χ3v) is 4.69. The van der Waals surface area contributed by atoms with Gasteiger partial charge < -0.3 is 13.9 Å². The first-order valence-electron chi connectivity index (χ1n) is 8.58. The van der Waals surface area contributed by atoms with Crippen LogP contribution in [-0.2, 0) is 20.3 Å². The summed E-state index contributed by atoms with van der Waals surface area (Å²) in [5.74, 6) is -9.46. The highest BCUT2D eigenvalue weighted by Gasteiger charge is 2.25. The number of unbranched alkanes of at least 4 members (excludes halogenated alkanes) is 1. The molecule has 0 bridgehead atoms. The van der Waals surface area contributed by atoms with Crippen LogP contribution in [0, 0.1) is 29.1 Å². The first-order valence-corrected chi connectivity index (χ1v) is 10.2. The monoisotopic (exact) mass is 400 g/mol. The fourth-order valence-electron chi connectivity index (χ4n) is 2.19. The lowest BCUT2D eigenvalue weighted by Crippen LogP contribution is -2.28. The maximum Gasteiger partial charge on any atom is 0.262 e. The molecule has 9 heteroatoms. The van der Waals surface area contributed by atoms with Crippen molar-refractivity contribution in [3.05, 3.63) is 34.6 Å². The van der Waals surface area contributed by atoms with Crippen molar-refractivity contribution in [3.63, 3.8) is 0 Å². The third kappa shape index (κ3) is 6.94. The van der Waals surface area contributed by atoms with Gasteiger partial charge in [0.2, 0.25) is 5.82 Å². The lowest BCUT2D eigenvalue weighted by molar-refractivity contribution is -0.275. The highest BCUT2D eigenvalue weighted by Crippen LogP contribution is 2.24. The van der Waals surface area contributed by atoms with Crippen molar-refractivity contribution in [3.8, 4) is 0 Å². The number of halogens is 5. The van der Waals surface area contributed by atoms with Gasteiger partial charge in [-0.3, -0.25) is 0 Å². The Morgan fingerprint density at radius 1 is 0.731 bits per heavy atom. The van der Waals surface area contributed by atoms with Crippen molar-refractivity contribution in [2.45, 2.75) is 71.7 Å². The van der Waals surface area contributed by atoms with E-state index in [4.69, 9.17) is 13.9 Å². The Labute approximate surface area is 152 Å². The standard InChI is InChI=1S/C17H25F5O3Si/c1-9(2)23-17(24-10(3)4)25-26-8-6-5-7-11-12(18)14(20)16(22)15(21)13(11)19/h9-10,17H,5-8,26H2,1-4H3. The van der Waals surface area contributed by atoms with Gasteiger partial charge in [-0.25, -0.2) is 22.0 Å². The van der Waals surface area contributed by atoms with E-state index in [1.165, 1.54) is 0 Å². The quantitative estimate of drug-likeness (QED) is 0.138. The van der Waals surface area contributed by atoms with Crippen LogP contribution >= 0.6 is 0 Å². The van der Waals surface area contributed by atoms with E-state index in [1.54, 1.807) is 0 Å². The second-order valence-electron chi connectivity index (χ2n) is 6.39. The summed E-state index contributed by atoms with van der Waals surface area (Å²) in [7, 11) is -1.01. The maximum absolute atomic E-state index is 13.6. The van der Waals surface area contributed by atoms with Gasteiger partial charge in [0.25, 0.3) is 6.48 Å². The summed E-state index contributed by atoms with van der Waals surface area (Å²) in [6.07, 6.45) is 0.468. The van der Waals surface area contributed by atoms with E-state index in [-0.39, 0.29) is 25.0 Å². The molecule has 0 N–H and O–H groups in total. The number of benzene rings is 1. The number of hydrogen-bond donors (Lipinski definition) is 0. The highest BCUT2D eigenvalue weighted by molar-refractivity contribution is 6.27. The van der Waals surface area contributed by atoms with Crippen molar-refractivity contribution in [2.24, 2.45) is 0 Å². The molecule has 0 aliphatic carbocycles. The van der Waals surface area contributed by atoms with E-state index < -0.39 is 50.9 Å². The summed E-state index contributed by atoms with van der Waals surface area (Å²) in [5.41, 5.74) is -0.770. The second-order valence-corrected chi connectivity index (χ2v) is 7.84. The lowest BCUT2D eigenvalue weighted by Gasteiger charge is -2.23. The Bertz CT molecular complexity index is 545. The Kier molecular flexibility index (Phi) is 9.70. The van der Waals surface area contributed by atoms with E-state index in [0.717, 1.165) is 0 Å². The van der Waals surface area contributed by atoms with Crippen LogP contribution in [0.4, 0.5) is 22.0 Å². The summed E-state index contributed by atoms with van der Waals surface area (Å²) in [5, 5.41) is 0. The molecule has 0 heterocycles. The summed E-state index contributed by atoms with van der Waals surface area (Å²) in [6.45, 7) is 6.66. The SMILES string of the molecule is CC(C)OC(O[SiH2]CCCCc1c(F)c(F)c(F)c(F)c1F)OC(C)C. The van der Waals surface area contributed by atoms with E-state index >= 15 is 0 Å². The van der Waals surface area contributed by atoms with Gasteiger partial charge in [-0.15, -0.1) is 0 Å². The normalized spacial score (nSPS) is 12.5. The van der Waals surface area contributed by atoms with Gasteiger partial charge in [-0.2, -0.15) is 0 Å². The predicted molar refractivity (Wildman–Crippen MR) is 89.8 cm³/mol. The first kappa shape index (κ1) is 23.0. The molecule has 0 atom stereocenters. The van der Waals surface area contributed by atoms with E-state index in [1.807, 2.05) is 27.7 Å². The summed E-state index contributed by atoms with van der Waals surface area (Å²) in [4.78, 5) is 0. The molecule has 0 saturated heterocycles. The Hall–Kier alpha value is -1.03. The van der Waals surface area contributed by atoms with Crippen LogP contribution in [0.5, 0.6) is 0 Å². The fraction of sp³-hybridized carbons (Fsp3) is 0.647. The minimum atomic E-state index is -2.13. The van der Waals surface area contributed by atoms with Gasteiger partial charge in [-0.05, 0) is 46.6 Å². The van der Waals surface area contributed by atoms with Crippen LogP contribution in [0.15, 0.2) is 0 Å². The van der Waals surface area contributed by atoms with Gasteiger partial charge in [-0.1, -0.05) is 6.42 Å². The molecule has 0 aliphatic rings. The van der Waals surface area contributed by atoms with Crippen LogP contribution in [0.1, 0.15) is 46.1 Å². The topological polar surface area (TPSA) is 27.7 Å². The summed E-state index contributed by atoms with van der Waals surface area (Å²) in [6, 6.07) is 0.662. The van der Waals surface area contributed by atoms with Crippen LogP contribution in [0.25, 0.3) is 0 Å². The van der Waals surface area contributed by atoms with E-state index in [0.29, 0.717) is 12.5 Å². The minimum Gasteiger partial charge on any atom is -0.379 e. The molecule has 0 spiro atoms. The van der Waals surface area contributed by atoms with Crippen molar-refractivity contribution >= 4 is 9.76 Å². The zero-order chi connectivity index (χ0) is 19.9. The predicted octanol–water partition coefficient (Wildman–Crippen LogP) is 4.36. The van der Waals surface area contributed by atoms with Crippen molar-refractivity contribution < 1.29 is 35.9 Å². The molecule has 150 valence electrons.